The van der Waals surface area contributed by atoms with E-state index in [1.165, 1.54) is 17.4 Å². The van der Waals surface area contributed by atoms with Crippen LogP contribution in [0.3, 0.4) is 0 Å². The molecule has 2 aliphatic rings. The first-order valence-corrected chi connectivity index (χ1v) is 9.62. The van der Waals surface area contributed by atoms with Crippen molar-refractivity contribution in [3.63, 3.8) is 0 Å². The van der Waals surface area contributed by atoms with Crippen molar-refractivity contribution in [3.8, 4) is 5.75 Å². The molecule has 1 amide bonds. The van der Waals surface area contributed by atoms with E-state index in [0.29, 0.717) is 11.3 Å². The molecule has 5 nitrogen and oxygen atoms in total. The van der Waals surface area contributed by atoms with E-state index in [4.69, 9.17) is 4.74 Å². The van der Waals surface area contributed by atoms with Gasteiger partial charge in [-0.3, -0.25) is 9.69 Å². The van der Waals surface area contributed by atoms with Gasteiger partial charge >= 0.3 is 0 Å². The Morgan fingerprint density at radius 2 is 2.04 bits per heavy atom. The normalized spacial score (nSPS) is 23.9. The van der Waals surface area contributed by atoms with Crippen LogP contribution >= 0.6 is 24.2 Å². The monoisotopic (exact) mass is 385 g/mol. The highest BCUT2D eigenvalue weighted by Crippen LogP contribution is 2.27. The van der Waals surface area contributed by atoms with Crippen LogP contribution in [-0.2, 0) is 0 Å². The van der Waals surface area contributed by atoms with Crippen LogP contribution in [-0.4, -0.2) is 61.3 Å². The Bertz CT molecular complexity index is 567. The first-order chi connectivity index (χ1) is 11.7. The molecule has 0 saturated carbocycles. The molecular formula is C18H28ClN3O2S. The predicted octanol–water partition coefficient (Wildman–Crippen LogP) is 3.23. The summed E-state index contributed by atoms with van der Waals surface area (Å²) in [6.07, 6.45) is 2.27. The second-order valence-electron chi connectivity index (χ2n) is 6.55. The van der Waals surface area contributed by atoms with Gasteiger partial charge in [0.25, 0.3) is 5.24 Å². The van der Waals surface area contributed by atoms with Gasteiger partial charge in [-0.1, -0.05) is 17.8 Å². The summed E-state index contributed by atoms with van der Waals surface area (Å²) in [4.78, 5) is 16.3. The number of hydrogen-bond donors (Lipinski definition) is 1. The van der Waals surface area contributed by atoms with Crippen LogP contribution in [0.15, 0.2) is 24.3 Å². The lowest BCUT2D eigenvalue weighted by Crippen LogP contribution is -2.46. The zero-order chi connectivity index (χ0) is 16.9. The lowest BCUT2D eigenvalue weighted by atomic mass is 10.1. The Morgan fingerprint density at radius 1 is 1.28 bits per heavy atom. The van der Waals surface area contributed by atoms with Gasteiger partial charge < -0.3 is 15.0 Å². The van der Waals surface area contributed by atoms with Crippen LogP contribution in [0, 0.1) is 0 Å². The largest absolute Gasteiger partial charge is 0.497 e. The highest BCUT2D eigenvalue weighted by atomic mass is 35.5. The number of halogens is 1. The Labute approximate surface area is 160 Å². The molecule has 0 spiro atoms. The smallest absolute Gasteiger partial charge is 0.279 e. The lowest BCUT2D eigenvalue weighted by molar-refractivity contribution is 0.251. The van der Waals surface area contributed by atoms with Gasteiger partial charge in [0, 0.05) is 49.2 Å². The van der Waals surface area contributed by atoms with Crippen LogP contribution in [0.4, 0.5) is 10.5 Å². The fourth-order valence-corrected chi connectivity index (χ4v) is 4.50. The maximum absolute atomic E-state index is 11.4. The second kappa shape index (κ2) is 9.55. The SMILES string of the molecule is COc1cccc(N2CCN(CCCC3SC(=O)NC3C)CC2)c1.Cl. The lowest BCUT2D eigenvalue weighted by Gasteiger charge is -2.36. The molecule has 2 unspecified atom stereocenters. The molecule has 25 heavy (non-hydrogen) atoms. The number of piperazine rings is 1. The number of benzene rings is 1. The molecule has 1 N–H and O–H groups in total. The summed E-state index contributed by atoms with van der Waals surface area (Å²) >= 11 is 1.47. The minimum Gasteiger partial charge on any atom is -0.497 e. The molecule has 2 fully saturated rings. The van der Waals surface area contributed by atoms with Gasteiger partial charge in [0.1, 0.15) is 5.75 Å². The predicted molar refractivity (Wildman–Crippen MR) is 108 cm³/mol. The van der Waals surface area contributed by atoms with Crippen LogP contribution in [0.5, 0.6) is 5.75 Å². The second-order valence-corrected chi connectivity index (χ2v) is 7.76. The first-order valence-electron chi connectivity index (χ1n) is 8.74. The first kappa shape index (κ1) is 20.2. The maximum atomic E-state index is 11.4. The zero-order valence-corrected chi connectivity index (χ0v) is 16.6. The van der Waals surface area contributed by atoms with E-state index in [2.05, 4.69) is 40.2 Å². The molecule has 3 rings (SSSR count). The van der Waals surface area contributed by atoms with Crippen molar-refractivity contribution in [2.24, 2.45) is 0 Å². The van der Waals surface area contributed by atoms with Crippen molar-refractivity contribution in [1.29, 1.82) is 0 Å². The molecule has 0 aliphatic carbocycles. The number of carbonyl (C=O) groups excluding carboxylic acids is 1. The summed E-state index contributed by atoms with van der Waals surface area (Å²) in [5.41, 5.74) is 1.25. The topological polar surface area (TPSA) is 44.8 Å². The summed E-state index contributed by atoms with van der Waals surface area (Å²) in [7, 11) is 1.71. The third kappa shape index (κ3) is 5.43. The number of methoxy groups -OCH3 is 1. The average Bonchev–Trinajstić information content (AvgIpc) is 2.93. The number of anilines is 1. The Kier molecular flexibility index (Phi) is 7.72. The van der Waals surface area contributed by atoms with Crippen molar-refractivity contribution in [1.82, 2.24) is 10.2 Å². The molecule has 140 valence electrons. The van der Waals surface area contributed by atoms with E-state index in [1.807, 2.05) is 6.07 Å². The Hall–Kier alpha value is -1.11. The number of carbonyl (C=O) groups is 1. The van der Waals surface area contributed by atoms with Gasteiger partial charge in [0.05, 0.1) is 7.11 Å². The third-order valence-corrected chi connectivity index (χ3v) is 6.19. The molecular weight excluding hydrogens is 358 g/mol. The summed E-state index contributed by atoms with van der Waals surface area (Å²) in [6, 6.07) is 8.61. The zero-order valence-electron chi connectivity index (χ0n) is 14.9. The number of nitrogens with one attached hydrogen (secondary N) is 1. The standard InChI is InChI=1S/C18H27N3O2S.ClH/c1-14-17(24-18(22)19-14)7-4-8-20-9-11-21(12-10-20)15-5-3-6-16(13-15)23-2;/h3,5-6,13-14,17H,4,7-12H2,1-2H3,(H,19,22);1H. The number of rotatable bonds is 6. The molecule has 1 aromatic rings. The molecule has 0 radical (unpaired) electrons. The fourth-order valence-electron chi connectivity index (χ4n) is 3.41. The highest BCUT2D eigenvalue weighted by molar-refractivity contribution is 8.14. The number of amides is 1. The number of ether oxygens (including phenoxy) is 1. The molecule has 0 aromatic heterocycles. The van der Waals surface area contributed by atoms with Crippen LogP contribution in [0.2, 0.25) is 0 Å². The fraction of sp³-hybridized carbons (Fsp3) is 0.611. The quantitative estimate of drug-likeness (QED) is 0.814. The molecule has 2 atom stereocenters. The summed E-state index contributed by atoms with van der Waals surface area (Å²) in [6.45, 7) is 7.55. The molecule has 7 heteroatoms. The van der Waals surface area contributed by atoms with Gasteiger partial charge in [-0.15, -0.1) is 12.4 Å². The van der Waals surface area contributed by atoms with Gasteiger partial charge in [0.15, 0.2) is 0 Å². The van der Waals surface area contributed by atoms with Crippen molar-refractivity contribution in [3.05, 3.63) is 24.3 Å². The summed E-state index contributed by atoms with van der Waals surface area (Å²) in [5.74, 6) is 0.918. The van der Waals surface area contributed by atoms with Crippen molar-refractivity contribution in [2.45, 2.75) is 31.1 Å². The molecule has 2 heterocycles. The Morgan fingerprint density at radius 3 is 2.68 bits per heavy atom. The van der Waals surface area contributed by atoms with Gasteiger partial charge in [-0.25, -0.2) is 0 Å². The molecule has 2 saturated heterocycles. The van der Waals surface area contributed by atoms with Crippen LogP contribution < -0.4 is 15.0 Å². The van der Waals surface area contributed by atoms with E-state index in [-0.39, 0.29) is 17.6 Å². The van der Waals surface area contributed by atoms with E-state index < -0.39 is 0 Å². The van der Waals surface area contributed by atoms with Crippen molar-refractivity contribution >= 4 is 35.1 Å². The number of nitrogens with zero attached hydrogens (tertiary/aromatic N) is 2. The third-order valence-electron chi connectivity index (χ3n) is 4.92. The molecule has 2 aliphatic heterocycles. The summed E-state index contributed by atoms with van der Waals surface area (Å²) < 4.78 is 5.32. The van der Waals surface area contributed by atoms with E-state index in [0.717, 1.165) is 51.3 Å². The van der Waals surface area contributed by atoms with E-state index >= 15 is 0 Å². The van der Waals surface area contributed by atoms with Crippen LogP contribution in [0.25, 0.3) is 0 Å². The highest BCUT2D eigenvalue weighted by Gasteiger charge is 2.29. The molecule has 0 bridgehead atoms. The van der Waals surface area contributed by atoms with Gasteiger partial charge in [0.2, 0.25) is 0 Å². The summed E-state index contributed by atoms with van der Waals surface area (Å²) in [5, 5.41) is 3.56. The molecule has 1 aromatic carbocycles. The van der Waals surface area contributed by atoms with E-state index in [1.54, 1.807) is 7.11 Å². The number of thioether (sulfide) groups is 1. The number of hydrogen-bond acceptors (Lipinski definition) is 5. The van der Waals surface area contributed by atoms with Gasteiger partial charge in [-0.05, 0) is 38.4 Å². The Balaban J connectivity index is 0.00000225. The van der Waals surface area contributed by atoms with E-state index in [9.17, 15) is 4.79 Å². The van der Waals surface area contributed by atoms with Crippen LogP contribution in [0.1, 0.15) is 19.8 Å². The average molecular weight is 386 g/mol. The van der Waals surface area contributed by atoms with Crippen molar-refractivity contribution in [2.75, 3.05) is 44.7 Å². The minimum atomic E-state index is 0. The van der Waals surface area contributed by atoms with Gasteiger partial charge in [-0.2, -0.15) is 0 Å². The maximum Gasteiger partial charge on any atom is 0.279 e. The van der Waals surface area contributed by atoms with Crippen molar-refractivity contribution < 1.29 is 9.53 Å². The minimum absolute atomic E-state index is 0.